The fourth-order valence-corrected chi connectivity index (χ4v) is 3.47. The lowest BCUT2D eigenvalue weighted by Gasteiger charge is -2.42. The Labute approximate surface area is 120 Å². The van der Waals surface area contributed by atoms with Crippen molar-refractivity contribution in [2.75, 3.05) is 33.7 Å². The van der Waals surface area contributed by atoms with Crippen LogP contribution < -0.4 is 0 Å². The topological polar surface area (TPSA) is 26.7 Å². The van der Waals surface area contributed by atoms with Gasteiger partial charge in [-0.2, -0.15) is 0 Å². The third-order valence-corrected chi connectivity index (χ3v) is 4.60. The summed E-state index contributed by atoms with van der Waals surface area (Å²) >= 11 is 0. The van der Waals surface area contributed by atoms with Crippen molar-refractivity contribution >= 4 is 0 Å². The summed E-state index contributed by atoms with van der Waals surface area (Å²) in [6.07, 6.45) is 3.18. The van der Waals surface area contributed by atoms with Crippen LogP contribution in [-0.4, -0.2) is 60.8 Å². The predicted molar refractivity (Wildman–Crippen MR) is 82.4 cm³/mol. The Morgan fingerprint density at radius 1 is 1.32 bits per heavy atom. The second-order valence-electron chi connectivity index (χ2n) is 7.43. The Morgan fingerprint density at radius 3 is 2.47 bits per heavy atom. The fraction of sp³-hybridized carbons (Fsp3) is 1.00. The van der Waals surface area contributed by atoms with Gasteiger partial charge in [-0.3, -0.25) is 4.90 Å². The summed E-state index contributed by atoms with van der Waals surface area (Å²) in [4.78, 5) is 4.77. The zero-order valence-electron chi connectivity index (χ0n) is 13.8. The van der Waals surface area contributed by atoms with Gasteiger partial charge < -0.3 is 10.0 Å². The van der Waals surface area contributed by atoms with Crippen molar-refractivity contribution in [3.05, 3.63) is 0 Å². The maximum atomic E-state index is 10.3. The molecule has 3 nitrogen and oxygen atoms in total. The Kier molecular flexibility index (Phi) is 6.28. The van der Waals surface area contributed by atoms with E-state index in [1.165, 1.54) is 0 Å². The zero-order valence-corrected chi connectivity index (χ0v) is 13.8. The Bertz CT molecular complexity index is 265. The van der Waals surface area contributed by atoms with Gasteiger partial charge in [0.25, 0.3) is 0 Å². The number of nitrogens with zero attached hydrogens (tertiary/aromatic N) is 2. The van der Waals surface area contributed by atoms with Gasteiger partial charge in [0.1, 0.15) is 0 Å². The van der Waals surface area contributed by atoms with Crippen LogP contribution in [0.4, 0.5) is 0 Å². The first kappa shape index (κ1) is 16.9. The van der Waals surface area contributed by atoms with E-state index in [1.54, 1.807) is 0 Å². The average Bonchev–Trinajstić information content (AvgIpc) is 2.29. The van der Waals surface area contributed by atoms with Crippen LogP contribution in [0, 0.1) is 11.3 Å². The number of aliphatic hydroxyl groups excluding tert-OH is 1. The molecule has 19 heavy (non-hydrogen) atoms. The van der Waals surface area contributed by atoms with Gasteiger partial charge in [-0.05, 0) is 58.2 Å². The molecule has 1 rings (SSSR count). The second kappa shape index (κ2) is 7.05. The quantitative estimate of drug-likeness (QED) is 0.803. The fourth-order valence-electron chi connectivity index (χ4n) is 3.47. The largest absolute Gasteiger partial charge is 0.393 e. The van der Waals surface area contributed by atoms with Crippen LogP contribution in [0.3, 0.4) is 0 Å². The van der Waals surface area contributed by atoms with Gasteiger partial charge in [0, 0.05) is 19.1 Å². The van der Waals surface area contributed by atoms with E-state index in [4.69, 9.17) is 0 Å². The van der Waals surface area contributed by atoms with Crippen molar-refractivity contribution in [3.63, 3.8) is 0 Å². The molecule has 3 heteroatoms. The Balaban J connectivity index is 2.58. The smallest absolute Gasteiger partial charge is 0.0581 e. The molecule has 0 aromatic heterocycles. The van der Waals surface area contributed by atoms with Gasteiger partial charge in [-0.15, -0.1) is 0 Å². The minimum Gasteiger partial charge on any atom is -0.393 e. The highest BCUT2D eigenvalue weighted by Crippen LogP contribution is 2.39. The van der Waals surface area contributed by atoms with Crippen molar-refractivity contribution in [1.29, 1.82) is 0 Å². The lowest BCUT2D eigenvalue weighted by molar-refractivity contribution is -0.00216. The molecule has 1 N–H and O–H groups in total. The van der Waals surface area contributed by atoms with E-state index in [0.717, 1.165) is 38.9 Å². The SMILES string of the molecule is CCN(CC1CC(C)(C)CCC1O)C(C)CN(C)C. The Morgan fingerprint density at radius 2 is 1.95 bits per heavy atom. The number of hydrogen-bond donors (Lipinski definition) is 1. The molecule has 0 bridgehead atoms. The molecule has 1 fully saturated rings. The molecule has 0 heterocycles. The van der Waals surface area contributed by atoms with Crippen molar-refractivity contribution in [3.8, 4) is 0 Å². The van der Waals surface area contributed by atoms with Crippen LogP contribution in [0.1, 0.15) is 47.0 Å². The minimum atomic E-state index is -0.103. The number of likely N-dealkylation sites (N-methyl/N-ethyl adjacent to an activating group) is 2. The standard InChI is InChI=1S/C16H34N2O/c1-7-18(13(2)11-17(5)6)12-14-10-16(3,4)9-8-15(14)19/h13-15,19H,7-12H2,1-6H3. The van der Waals surface area contributed by atoms with Gasteiger partial charge in [-0.25, -0.2) is 0 Å². The van der Waals surface area contributed by atoms with E-state index in [-0.39, 0.29) is 6.10 Å². The monoisotopic (exact) mass is 270 g/mol. The summed E-state index contributed by atoms with van der Waals surface area (Å²) in [5.74, 6) is 0.438. The molecular weight excluding hydrogens is 236 g/mol. The number of aliphatic hydroxyl groups is 1. The van der Waals surface area contributed by atoms with Crippen LogP contribution in [0.2, 0.25) is 0 Å². The molecule has 3 atom stereocenters. The van der Waals surface area contributed by atoms with Crippen LogP contribution in [0.5, 0.6) is 0 Å². The summed E-state index contributed by atoms with van der Waals surface area (Å²) in [6.45, 7) is 12.4. The molecule has 1 aliphatic carbocycles. The molecule has 0 amide bonds. The highest BCUT2D eigenvalue weighted by molar-refractivity contribution is 4.87. The summed E-state index contributed by atoms with van der Waals surface area (Å²) < 4.78 is 0. The second-order valence-corrected chi connectivity index (χ2v) is 7.43. The molecule has 1 saturated carbocycles. The van der Waals surface area contributed by atoms with E-state index >= 15 is 0 Å². The molecule has 1 aliphatic rings. The highest BCUT2D eigenvalue weighted by Gasteiger charge is 2.35. The molecule has 0 radical (unpaired) electrons. The van der Waals surface area contributed by atoms with Gasteiger partial charge in [-0.1, -0.05) is 20.8 Å². The van der Waals surface area contributed by atoms with Gasteiger partial charge in [0.05, 0.1) is 6.10 Å². The number of rotatable bonds is 6. The molecular formula is C16H34N2O. The first-order valence-electron chi connectivity index (χ1n) is 7.82. The van der Waals surface area contributed by atoms with Crippen LogP contribution in [0.15, 0.2) is 0 Å². The maximum Gasteiger partial charge on any atom is 0.0581 e. The van der Waals surface area contributed by atoms with Gasteiger partial charge >= 0.3 is 0 Å². The first-order chi connectivity index (χ1) is 8.75. The predicted octanol–water partition coefficient (Wildman–Crippen LogP) is 2.45. The zero-order chi connectivity index (χ0) is 14.6. The van der Waals surface area contributed by atoms with Crippen LogP contribution >= 0.6 is 0 Å². The van der Waals surface area contributed by atoms with E-state index in [1.807, 2.05) is 0 Å². The molecule has 114 valence electrons. The highest BCUT2D eigenvalue weighted by atomic mass is 16.3. The lowest BCUT2D eigenvalue weighted by atomic mass is 9.70. The average molecular weight is 270 g/mol. The van der Waals surface area contributed by atoms with E-state index in [0.29, 0.717) is 17.4 Å². The van der Waals surface area contributed by atoms with Crippen molar-refractivity contribution < 1.29 is 5.11 Å². The first-order valence-corrected chi connectivity index (χ1v) is 7.82. The molecule has 3 unspecified atom stereocenters. The van der Waals surface area contributed by atoms with E-state index in [2.05, 4.69) is 51.6 Å². The van der Waals surface area contributed by atoms with Crippen molar-refractivity contribution in [1.82, 2.24) is 9.80 Å². The summed E-state index contributed by atoms with van der Waals surface area (Å²) in [6, 6.07) is 0.553. The van der Waals surface area contributed by atoms with E-state index in [9.17, 15) is 5.11 Å². The Hall–Kier alpha value is -0.120. The molecule has 0 aromatic rings. The lowest BCUT2D eigenvalue weighted by Crippen LogP contribution is -2.46. The third kappa shape index (κ3) is 5.41. The summed E-state index contributed by atoms with van der Waals surface area (Å²) in [7, 11) is 4.26. The number of hydrogen-bond acceptors (Lipinski definition) is 3. The normalized spacial score (nSPS) is 28.9. The molecule has 0 aromatic carbocycles. The van der Waals surface area contributed by atoms with Crippen LogP contribution in [0.25, 0.3) is 0 Å². The summed E-state index contributed by atoms with van der Waals surface area (Å²) in [5, 5.41) is 10.3. The van der Waals surface area contributed by atoms with Crippen LogP contribution in [-0.2, 0) is 0 Å². The summed E-state index contributed by atoms with van der Waals surface area (Å²) in [5.41, 5.74) is 0.397. The van der Waals surface area contributed by atoms with Gasteiger partial charge in [0.15, 0.2) is 0 Å². The van der Waals surface area contributed by atoms with Crippen molar-refractivity contribution in [2.45, 2.75) is 59.1 Å². The molecule has 0 saturated heterocycles. The molecule has 0 spiro atoms. The maximum absolute atomic E-state index is 10.3. The third-order valence-electron chi connectivity index (χ3n) is 4.60. The molecule has 0 aliphatic heterocycles. The van der Waals surface area contributed by atoms with Gasteiger partial charge in [0.2, 0.25) is 0 Å². The van der Waals surface area contributed by atoms with Crippen molar-refractivity contribution in [2.24, 2.45) is 11.3 Å². The van der Waals surface area contributed by atoms with E-state index < -0.39 is 0 Å². The minimum absolute atomic E-state index is 0.103.